The van der Waals surface area contributed by atoms with Crippen molar-refractivity contribution in [2.24, 2.45) is 0 Å². The van der Waals surface area contributed by atoms with E-state index in [0.29, 0.717) is 18.1 Å². The van der Waals surface area contributed by atoms with Gasteiger partial charge < -0.3 is 23.7 Å². The molecule has 1 fully saturated rings. The average Bonchev–Trinajstić information content (AvgIpc) is 3.20. The maximum Gasteiger partial charge on any atom is 0.257 e. The molecule has 1 amide bonds. The van der Waals surface area contributed by atoms with Crippen molar-refractivity contribution in [3.05, 3.63) is 46.9 Å². The predicted octanol–water partition coefficient (Wildman–Crippen LogP) is 1.17. The number of hydrogen-bond donors (Lipinski definition) is 1. The Morgan fingerprint density at radius 3 is 2.60 bits per heavy atom. The zero-order valence-corrected chi connectivity index (χ0v) is 14.6. The molecular formula is C19H23N2O4+. The Morgan fingerprint density at radius 1 is 1.12 bits per heavy atom. The molecule has 1 aromatic heterocycles. The normalized spacial score (nSPS) is 17.1. The monoisotopic (exact) mass is 343 g/mol. The first kappa shape index (κ1) is 16.0. The van der Waals surface area contributed by atoms with Crippen LogP contribution in [0.3, 0.4) is 0 Å². The van der Waals surface area contributed by atoms with Crippen LogP contribution >= 0.6 is 0 Å². The van der Waals surface area contributed by atoms with E-state index < -0.39 is 0 Å². The van der Waals surface area contributed by atoms with E-state index >= 15 is 0 Å². The van der Waals surface area contributed by atoms with Gasteiger partial charge in [0.2, 0.25) is 6.79 Å². The Kier molecular flexibility index (Phi) is 4.13. The summed E-state index contributed by atoms with van der Waals surface area (Å²) in [5, 5.41) is 0. The number of furan rings is 1. The van der Waals surface area contributed by atoms with E-state index in [1.165, 1.54) is 10.5 Å². The molecule has 1 saturated heterocycles. The topological polar surface area (TPSA) is 56.4 Å². The molecule has 4 rings (SSSR count). The molecule has 1 N–H and O–H groups in total. The summed E-state index contributed by atoms with van der Waals surface area (Å²) in [6.07, 6.45) is 0. The van der Waals surface area contributed by atoms with Crippen LogP contribution in [0.5, 0.6) is 11.5 Å². The van der Waals surface area contributed by atoms with Crippen molar-refractivity contribution in [3.63, 3.8) is 0 Å². The molecular weight excluding hydrogens is 320 g/mol. The molecule has 25 heavy (non-hydrogen) atoms. The van der Waals surface area contributed by atoms with Gasteiger partial charge in [0.25, 0.3) is 5.91 Å². The number of nitrogens with zero attached hydrogens (tertiary/aromatic N) is 1. The smallest absolute Gasteiger partial charge is 0.257 e. The zero-order valence-electron chi connectivity index (χ0n) is 14.6. The lowest BCUT2D eigenvalue weighted by atomic mass is 10.1. The fraction of sp³-hybridized carbons (Fsp3) is 0.421. The summed E-state index contributed by atoms with van der Waals surface area (Å²) in [6.45, 7) is 8.37. The Balaban J connectivity index is 1.35. The molecule has 6 heteroatoms. The van der Waals surface area contributed by atoms with Gasteiger partial charge in [-0.15, -0.1) is 0 Å². The van der Waals surface area contributed by atoms with E-state index in [1.807, 2.05) is 30.9 Å². The molecule has 6 nitrogen and oxygen atoms in total. The van der Waals surface area contributed by atoms with Gasteiger partial charge >= 0.3 is 0 Å². The minimum atomic E-state index is 0.0801. The second-order valence-electron chi connectivity index (χ2n) is 6.73. The van der Waals surface area contributed by atoms with Gasteiger partial charge in [-0.2, -0.15) is 0 Å². The van der Waals surface area contributed by atoms with Gasteiger partial charge in [0.05, 0.1) is 31.7 Å². The van der Waals surface area contributed by atoms with Crippen LogP contribution < -0.4 is 14.4 Å². The number of quaternary nitrogens is 1. The lowest BCUT2D eigenvalue weighted by molar-refractivity contribution is -0.917. The minimum absolute atomic E-state index is 0.0801. The first-order chi connectivity index (χ1) is 12.1. The maximum absolute atomic E-state index is 12.7. The van der Waals surface area contributed by atoms with E-state index in [1.54, 1.807) is 0 Å². The third kappa shape index (κ3) is 3.22. The molecule has 132 valence electrons. The number of hydrogen-bond acceptors (Lipinski definition) is 4. The van der Waals surface area contributed by atoms with Gasteiger partial charge in [-0.3, -0.25) is 4.79 Å². The highest BCUT2D eigenvalue weighted by Crippen LogP contribution is 2.32. The molecule has 0 spiro atoms. The van der Waals surface area contributed by atoms with Gasteiger partial charge in [-0.05, 0) is 38.1 Å². The largest absolute Gasteiger partial charge is 0.466 e. The summed E-state index contributed by atoms with van der Waals surface area (Å²) < 4.78 is 16.3. The first-order valence-electron chi connectivity index (χ1n) is 8.68. The molecule has 1 aromatic carbocycles. The van der Waals surface area contributed by atoms with Gasteiger partial charge in [-0.25, -0.2) is 0 Å². The van der Waals surface area contributed by atoms with E-state index in [9.17, 15) is 4.79 Å². The number of piperazine rings is 1. The van der Waals surface area contributed by atoms with E-state index in [-0.39, 0.29) is 5.91 Å². The quantitative estimate of drug-likeness (QED) is 0.909. The number of amides is 1. The zero-order chi connectivity index (χ0) is 17.4. The molecule has 0 unspecified atom stereocenters. The number of fused-ring (bicyclic) bond motifs is 1. The van der Waals surface area contributed by atoms with Gasteiger partial charge in [0.15, 0.2) is 11.5 Å². The molecule has 0 saturated carbocycles. The number of rotatable bonds is 3. The summed E-state index contributed by atoms with van der Waals surface area (Å²) in [4.78, 5) is 16.1. The summed E-state index contributed by atoms with van der Waals surface area (Å²) in [7, 11) is 0. The third-order valence-electron chi connectivity index (χ3n) is 4.92. The number of carbonyl (C=O) groups excluding carboxylic acids is 1. The van der Waals surface area contributed by atoms with Crippen molar-refractivity contribution in [1.82, 2.24) is 4.90 Å². The molecule has 0 bridgehead atoms. The van der Waals surface area contributed by atoms with Crippen molar-refractivity contribution < 1.29 is 23.6 Å². The SMILES string of the molecule is Cc1cc(C(=O)N2CC[NH+](Cc3ccc4c(c3)OCO4)CC2)c(C)o1. The highest BCUT2D eigenvalue weighted by atomic mass is 16.7. The molecule has 2 aliphatic rings. The van der Waals surface area contributed by atoms with Crippen LogP contribution in [0.1, 0.15) is 27.4 Å². The third-order valence-corrected chi connectivity index (χ3v) is 4.92. The predicted molar refractivity (Wildman–Crippen MR) is 91.1 cm³/mol. The fourth-order valence-electron chi connectivity index (χ4n) is 3.56. The Morgan fingerprint density at radius 2 is 1.88 bits per heavy atom. The highest BCUT2D eigenvalue weighted by Gasteiger charge is 2.27. The van der Waals surface area contributed by atoms with Crippen LogP contribution in [0.25, 0.3) is 0 Å². The summed E-state index contributed by atoms with van der Waals surface area (Å²) in [5.74, 6) is 3.22. The van der Waals surface area contributed by atoms with Gasteiger partial charge in [0.1, 0.15) is 18.1 Å². The Labute approximate surface area is 146 Å². The minimum Gasteiger partial charge on any atom is -0.466 e. The maximum atomic E-state index is 12.7. The van der Waals surface area contributed by atoms with Crippen molar-refractivity contribution in [3.8, 4) is 11.5 Å². The summed E-state index contributed by atoms with van der Waals surface area (Å²) in [5.41, 5.74) is 1.93. The lowest BCUT2D eigenvalue weighted by Crippen LogP contribution is -3.13. The van der Waals surface area contributed by atoms with Crippen LogP contribution in [-0.2, 0) is 6.54 Å². The van der Waals surface area contributed by atoms with Crippen molar-refractivity contribution >= 4 is 5.91 Å². The van der Waals surface area contributed by atoms with Crippen molar-refractivity contribution in [2.45, 2.75) is 20.4 Å². The number of ether oxygens (including phenoxy) is 2. The van der Waals surface area contributed by atoms with Gasteiger partial charge in [-0.1, -0.05) is 0 Å². The second-order valence-corrected chi connectivity index (χ2v) is 6.73. The van der Waals surface area contributed by atoms with E-state index in [2.05, 4.69) is 12.1 Å². The molecule has 2 aliphatic heterocycles. The van der Waals surface area contributed by atoms with Crippen molar-refractivity contribution in [2.75, 3.05) is 33.0 Å². The van der Waals surface area contributed by atoms with Crippen LogP contribution in [-0.4, -0.2) is 43.8 Å². The summed E-state index contributed by atoms with van der Waals surface area (Å²) >= 11 is 0. The molecule has 3 heterocycles. The van der Waals surface area contributed by atoms with Crippen LogP contribution in [0.4, 0.5) is 0 Å². The Hall–Kier alpha value is -2.47. The number of aryl methyl sites for hydroxylation is 2. The molecule has 0 atom stereocenters. The highest BCUT2D eigenvalue weighted by molar-refractivity contribution is 5.95. The van der Waals surface area contributed by atoms with Crippen LogP contribution in [0.15, 0.2) is 28.7 Å². The first-order valence-corrected chi connectivity index (χ1v) is 8.68. The van der Waals surface area contributed by atoms with Crippen molar-refractivity contribution in [1.29, 1.82) is 0 Å². The average molecular weight is 343 g/mol. The van der Waals surface area contributed by atoms with Crippen LogP contribution in [0, 0.1) is 13.8 Å². The summed E-state index contributed by atoms with van der Waals surface area (Å²) in [6, 6.07) is 7.96. The standard InChI is InChI=1S/C19H22N2O4/c1-13-9-16(14(2)25-13)19(22)21-7-5-20(6-8-21)11-15-3-4-17-18(10-15)24-12-23-17/h3-4,9-10H,5-8,11-12H2,1-2H3/p+1. The molecule has 0 radical (unpaired) electrons. The number of carbonyl (C=O) groups is 1. The van der Waals surface area contributed by atoms with Gasteiger partial charge in [0, 0.05) is 5.56 Å². The number of benzene rings is 1. The fourth-order valence-corrected chi connectivity index (χ4v) is 3.56. The Bertz CT molecular complexity index is 791. The number of nitrogens with one attached hydrogen (secondary N) is 1. The van der Waals surface area contributed by atoms with E-state index in [0.717, 1.165) is 50.0 Å². The second kappa shape index (κ2) is 6.44. The molecule has 2 aromatic rings. The molecule has 0 aliphatic carbocycles. The van der Waals surface area contributed by atoms with E-state index in [4.69, 9.17) is 13.9 Å². The lowest BCUT2D eigenvalue weighted by Gasteiger charge is -2.32. The van der Waals surface area contributed by atoms with Crippen LogP contribution in [0.2, 0.25) is 0 Å².